The molecule has 0 aliphatic carbocycles. The molecule has 9 nitrogen and oxygen atoms in total. The minimum Gasteiger partial charge on any atom is -0.478 e. The second-order valence-corrected chi connectivity index (χ2v) is 11.3. The Kier molecular flexibility index (Phi) is 8.14. The summed E-state index contributed by atoms with van der Waals surface area (Å²) in [6, 6.07) is 15.3. The molecule has 0 amide bonds. The number of benzene rings is 2. The number of nitrogens with zero attached hydrogens (tertiary/aromatic N) is 5. The van der Waals surface area contributed by atoms with Gasteiger partial charge in [-0.3, -0.25) is 4.90 Å². The van der Waals surface area contributed by atoms with E-state index in [4.69, 9.17) is 30.7 Å². The predicted octanol–water partition coefficient (Wildman–Crippen LogP) is 6.53. The van der Waals surface area contributed by atoms with E-state index in [1.165, 1.54) is 6.07 Å². The van der Waals surface area contributed by atoms with Crippen molar-refractivity contribution < 1.29 is 23.4 Å². The average molecular weight is 604 g/mol. The number of imidazole rings is 1. The minimum atomic E-state index is -0.980. The molecule has 3 aromatic heterocycles. The van der Waals surface area contributed by atoms with Gasteiger partial charge in [-0.2, -0.15) is 0 Å². The third-order valence-electron chi connectivity index (χ3n) is 7.89. The van der Waals surface area contributed by atoms with E-state index in [0.29, 0.717) is 35.4 Å². The molecule has 6 rings (SSSR count). The molecule has 43 heavy (non-hydrogen) atoms. The molecule has 0 spiro atoms. The Morgan fingerprint density at radius 3 is 2.60 bits per heavy atom. The van der Waals surface area contributed by atoms with Crippen LogP contribution in [-0.2, 0) is 19.7 Å². The monoisotopic (exact) mass is 603 g/mol. The van der Waals surface area contributed by atoms with E-state index in [0.717, 1.165) is 59.9 Å². The molecule has 0 saturated carbocycles. The lowest BCUT2D eigenvalue weighted by Crippen LogP contribution is -2.33. The van der Waals surface area contributed by atoms with Crippen molar-refractivity contribution in [1.82, 2.24) is 24.4 Å². The second kappa shape index (κ2) is 12.1. The number of halogens is 2. The number of hydrogen-bond donors (Lipinski definition) is 1. The summed E-state index contributed by atoms with van der Waals surface area (Å²) < 4.78 is 27.7. The number of carboxylic acid groups (broad SMARTS) is 1. The molecular formula is C32H31ClFN5O4. The highest BCUT2D eigenvalue weighted by Gasteiger charge is 2.25. The van der Waals surface area contributed by atoms with Crippen LogP contribution in [0.25, 0.3) is 11.0 Å². The Morgan fingerprint density at radius 2 is 1.88 bits per heavy atom. The van der Waals surface area contributed by atoms with Gasteiger partial charge >= 0.3 is 5.97 Å². The number of aromatic nitrogens is 4. The number of oxazole rings is 1. The quantitative estimate of drug-likeness (QED) is 0.203. The number of aromatic carboxylic acids is 1. The van der Waals surface area contributed by atoms with Gasteiger partial charge in [0.2, 0.25) is 5.88 Å². The van der Waals surface area contributed by atoms with Crippen LogP contribution >= 0.6 is 11.6 Å². The molecule has 1 fully saturated rings. The Balaban J connectivity index is 1.15. The Hall–Kier alpha value is -4.28. The molecule has 0 unspecified atom stereocenters. The van der Waals surface area contributed by atoms with E-state index in [-0.39, 0.29) is 18.1 Å². The van der Waals surface area contributed by atoms with Gasteiger partial charge in [0, 0.05) is 35.2 Å². The first-order valence-electron chi connectivity index (χ1n) is 14.1. The maximum absolute atomic E-state index is 14.2. The zero-order valence-electron chi connectivity index (χ0n) is 23.9. The fourth-order valence-corrected chi connectivity index (χ4v) is 5.75. The molecular weight excluding hydrogens is 573 g/mol. The lowest BCUT2D eigenvalue weighted by atomic mass is 9.93. The lowest BCUT2D eigenvalue weighted by Gasteiger charge is -2.31. The van der Waals surface area contributed by atoms with Gasteiger partial charge in [0.05, 0.1) is 29.7 Å². The maximum Gasteiger partial charge on any atom is 0.335 e. The highest BCUT2D eigenvalue weighted by Crippen LogP contribution is 2.30. The molecule has 222 valence electrons. The molecule has 2 aromatic carbocycles. The third kappa shape index (κ3) is 6.40. The van der Waals surface area contributed by atoms with Crippen molar-refractivity contribution in [3.8, 4) is 5.88 Å². The van der Waals surface area contributed by atoms with Crippen molar-refractivity contribution in [2.24, 2.45) is 0 Å². The van der Waals surface area contributed by atoms with Crippen LogP contribution in [0.4, 0.5) is 4.39 Å². The zero-order valence-corrected chi connectivity index (χ0v) is 24.6. The molecule has 0 radical (unpaired) electrons. The van der Waals surface area contributed by atoms with Gasteiger partial charge in [-0.1, -0.05) is 23.7 Å². The number of fused-ring (bicyclic) bond motifs is 1. The van der Waals surface area contributed by atoms with E-state index in [2.05, 4.69) is 9.88 Å². The van der Waals surface area contributed by atoms with Gasteiger partial charge in [0.1, 0.15) is 29.7 Å². The molecule has 1 saturated heterocycles. The van der Waals surface area contributed by atoms with Crippen LogP contribution < -0.4 is 4.74 Å². The molecule has 0 atom stereocenters. The van der Waals surface area contributed by atoms with Crippen molar-refractivity contribution in [1.29, 1.82) is 0 Å². The van der Waals surface area contributed by atoms with Gasteiger partial charge in [-0.25, -0.2) is 24.1 Å². The van der Waals surface area contributed by atoms with Crippen LogP contribution in [0.15, 0.2) is 59.0 Å². The Bertz CT molecular complexity index is 1790. The molecule has 1 aliphatic rings. The smallest absolute Gasteiger partial charge is 0.335 e. The summed E-state index contributed by atoms with van der Waals surface area (Å²) in [5.74, 6) is 1.51. The highest BCUT2D eigenvalue weighted by molar-refractivity contribution is 6.30. The summed E-state index contributed by atoms with van der Waals surface area (Å²) in [6.45, 7) is 6.50. The van der Waals surface area contributed by atoms with Gasteiger partial charge in [0.15, 0.2) is 5.89 Å². The lowest BCUT2D eigenvalue weighted by molar-refractivity contribution is 0.0697. The van der Waals surface area contributed by atoms with Crippen LogP contribution in [0, 0.1) is 19.7 Å². The largest absolute Gasteiger partial charge is 0.478 e. The van der Waals surface area contributed by atoms with Crippen LogP contribution in [0.3, 0.4) is 0 Å². The Labute approximate surface area is 252 Å². The summed E-state index contributed by atoms with van der Waals surface area (Å²) in [5, 5.41) is 9.93. The normalized spacial score (nSPS) is 14.4. The number of carbonyl (C=O) groups is 1. The average Bonchev–Trinajstić information content (AvgIpc) is 3.49. The maximum atomic E-state index is 14.2. The van der Waals surface area contributed by atoms with Crippen LogP contribution in [0.5, 0.6) is 5.88 Å². The molecule has 11 heteroatoms. The summed E-state index contributed by atoms with van der Waals surface area (Å²) in [4.78, 5) is 28.2. The zero-order chi connectivity index (χ0) is 30.1. The van der Waals surface area contributed by atoms with Crippen LogP contribution in [0.1, 0.15) is 63.5 Å². The van der Waals surface area contributed by atoms with Gasteiger partial charge < -0.3 is 18.8 Å². The van der Waals surface area contributed by atoms with Crippen molar-refractivity contribution in [3.63, 3.8) is 0 Å². The van der Waals surface area contributed by atoms with Crippen molar-refractivity contribution in [3.05, 3.63) is 105 Å². The summed E-state index contributed by atoms with van der Waals surface area (Å²) in [5.41, 5.74) is 3.88. The van der Waals surface area contributed by atoms with Gasteiger partial charge in [-0.05, 0) is 69.3 Å². The highest BCUT2D eigenvalue weighted by atomic mass is 35.5. The van der Waals surface area contributed by atoms with Gasteiger partial charge in [0.25, 0.3) is 0 Å². The number of carboxylic acids is 1. The first-order valence-corrected chi connectivity index (χ1v) is 14.5. The number of rotatable bonds is 9. The summed E-state index contributed by atoms with van der Waals surface area (Å²) in [6.07, 6.45) is 1.82. The predicted molar refractivity (Wildman–Crippen MR) is 159 cm³/mol. The molecule has 5 aromatic rings. The molecule has 0 bridgehead atoms. The van der Waals surface area contributed by atoms with Crippen molar-refractivity contribution >= 4 is 28.6 Å². The van der Waals surface area contributed by atoms with E-state index in [1.807, 2.05) is 30.5 Å². The molecule has 4 heterocycles. The molecule has 1 N–H and O–H groups in total. The number of piperidine rings is 1. The first kappa shape index (κ1) is 28.8. The summed E-state index contributed by atoms with van der Waals surface area (Å²) in [7, 11) is 0. The second-order valence-electron chi connectivity index (χ2n) is 10.8. The molecule has 1 aliphatic heterocycles. The Morgan fingerprint density at radius 1 is 1.07 bits per heavy atom. The third-order valence-corrected chi connectivity index (χ3v) is 8.12. The number of ether oxygens (including phenoxy) is 1. The fourth-order valence-electron chi connectivity index (χ4n) is 5.59. The standard InChI is InChI=1S/C32H31ClFN5O4/c1-19-28(35-20(2)43-19)16-39-29-14-22(32(40)41)7-9-27(29)36-30(39)17-38-12-10-21(11-13-38)26-4-3-5-31(37-26)42-18-23-6-8-24(33)15-25(23)34/h3-9,14-15,21H,10-13,16-18H2,1-2H3,(H,40,41). The van der Waals surface area contributed by atoms with E-state index < -0.39 is 11.8 Å². The number of hydrogen-bond acceptors (Lipinski definition) is 7. The number of likely N-dealkylation sites (tertiary alicyclic amines) is 1. The first-order chi connectivity index (χ1) is 20.7. The van der Waals surface area contributed by atoms with Crippen molar-refractivity contribution in [2.45, 2.75) is 52.3 Å². The number of pyridine rings is 1. The summed E-state index contributed by atoms with van der Waals surface area (Å²) >= 11 is 5.85. The van der Waals surface area contributed by atoms with Gasteiger partial charge in [-0.15, -0.1) is 0 Å². The number of aryl methyl sites for hydroxylation is 2. The SMILES string of the molecule is Cc1nc(Cn2c(CN3CCC(c4cccc(OCc5ccc(Cl)cc5F)n4)CC3)nc3ccc(C(=O)O)cc32)c(C)o1. The topological polar surface area (TPSA) is 107 Å². The minimum absolute atomic E-state index is 0.0697. The van der Waals surface area contributed by atoms with Crippen LogP contribution in [0.2, 0.25) is 5.02 Å². The van der Waals surface area contributed by atoms with Crippen LogP contribution in [-0.4, -0.2) is 48.6 Å². The van der Waals surface area contributed by atoms with Crippen molar-refractivity contribution in [2.75, 3.05) is 13.1 Å². The van der Waals surface area contributed by atoms with E-state index in [9.17, 15) is 14.3 Å². The van der Waals surface area contributed by atoms with E-state index >= 15 is 0 Å². The fraction of sp³-hybridized carbons (Fsp3) is 0.312. The van der Waals surface area contributed by atoms with E-state index in [1.54, 1.807) is 36.4 Å².